The van der Waals surface area contributed by atoms with E-state index in [4.69, 9.17) is 5.11 Å². The van der Waals surface area contributed by atoms with Crippen LogP contribution >= 0.6 is 0 Å². The Bertz CT molecular complexity index is 341. The number of carbonyl (C=O) groups excluding carboxylic acids is 1. The third kappa shape index (κ3) is 4.67. The van der Waals surface area contributed by atoms with Gasteiger partial charge < -0.3 is 9.84 Å². The van der Waals surface area contributed by atoms with Crippen LogP contribution in [0, 0.1) is 0 Å². The molecule has 1 heterocycles. The Morgan fingerprint density at radius 1 is 1.33 bits per heavy atom. The molecule has 0 bridgehead atoms. The van der Waals surface area contributed by atoms with Gasteiger partial charge in [-0.25, -0.2) is 14.8 Å². The Morgan fingerprint density at radius 3 is 2.60 bits per heavy atom. The number of rotatable bonds is 5. The molecule has 0 saturated heterocycles. The van der Waals surface area contributed by atoms with Crippen LogP contribution in [-0.4, -0.2) is 40.2 Å². The average Bonchev–Trinajstić information content (AvgIpc) is 2.18. The Labute approximate surface area is 85.1 Å². The zero-order valence-electron chi connectivity index (χ0n) is 7.71. The predicted octanol–water partition coefficient (Wildman–Crippen LogP) is -0.484. The van der Waals surface area contributed by atoms with Gasteiger partial charge in [-0.15, -0.1) is 0 Å². The lowest BCUT2D eigenvalue weighted by Crippen LogP contribution is -2.21. The van der Waals surface area contributed by atoms with Crippen molar-refractivity contribution in [3.05, 3.63) is 18.5 Å². The molecule has 1 rings (SSSR count). The van der Waals surface area contributed by atoms with E-state index in [-0.39, 0.29) is 12.6 Å². The van der Waals surface area contributed by atoms with Crippen molar-refractivity contribution in [1.82, 2.24) is 9.97 Å². The lowest BCUT2D eigenvalue weighted by molar-refractivity contribution is -0.143. The number of aromatic nitrogens is 2. The first-order valence-electron chi connectivity index (χ1n) is 4.05. The number of amides is 1. The van der Waals surface area contributed by atoms with Crippen molar-refractivity contribution in [2.24, 2.45) is 0 Å². The first kappa shape index (κ1) is 11.1. The second-order valence-corrected chi connectivity index (χ2v) is 2.51. The minimum absolute atomic E-state index is 0.154. The van der Waals surface area contributed by atoms with Crippen molar-refractivity contribution in [2.45, 2.75) is 0 Å². The van der Waals surface area contributed by atoms with Gasteiger partial charge in [-0.2, -0.15) is 0 Å². The molecule has 0 aromatic carbocycles. The van der Waals surface area contributed by atoms with Crippen LogP contribution in [0.15, 0.2) is 18.5 Å². The molecule has 0 aliphatic rings. The maximum Gasteiger partial charge on any atom is 0.329 e. The average molecular weight is 211 g/mol. The maximum absolute atomic E-state index is 11.1. The topological polar surface area (TPSA) is 101 Å². The number of carboxylic acids is 1. The zero-order chi connectivity index (χ0) is 11.1. The maximum atomic E-state index is 11.1. The van der Waals surface area contributed by atoms with Crippen LogP contribution in [-0.2, 0) is 14.3 Å². The van der Waals surface area contributed by atoms with E-state index in [1.165, 1.54) is 12.4 Å². The van der Waals surface area contributed by atoms with Crippen molar-refractivity contribution >= 4 is 17.8 Å². The molecule has 15 heavy (non-hydrogen) atoms. The highest BCUT2D eigenvalue weighted by Crippen LogP contribution is 1.93. The Hall–Kier alpha value is -2.02. The highest BCUT2D eigenvalue weighted by Gasteiger charge is 2.05. The fourth-order valence-corrected chi connectivity index (χ4v) is 0.755. The Kier molecular flexibility index (Phi) is 4.17. The molecule has 1 aromatic heterocycles. The normalized spacial score (nSPS) is 9.60. The number of nitrogens with zero attached hydrogens (tertiary/aromatic N) is 2. The summed E-state index contributed by atoms with van der Waals surface area (Å²) in [7, 11) is 0. The van der Waals surface area contributed by atoms with Crippen molar-refractivity contribution < 1.29 is 19.4 Å². The quantitative estimate of drug-likeness (QED) is 0.681. The molecule has 0 radical (unpaired) electrons. The second kappa shape index (κ2) is 5.66. The molecule has 2 N–H and O–H groups in total. The summed E-state index contributed by atoms with van der Waals surface area (Å²) in [6.07, 6.45) is 2.95. The van der Waals surface area contributed by atoms with Gasteiger partial charge in [0.05, 0.1) is 0 Å². The highest BCUT2D eigenvalue weighted by atomic mass is 16.5. The summed E-state index contributed by atoms with van der Waals surface area (Å²) in [5, 5.41) is 10.6. The van der Waals surface area contributed by atoms with Crippen LogP contribution in [0.25, 0.3) is 0 Å². The summed E-state index contributed by atoms with van der Waals surface area (Å²) < 4.78 is 4.56. The molecular weight excluding hydrogens is 202 g/mol. The number of carboxylic acid groups (broad SMARTS) is 1. The summed E-state index contributed by atoms with van der Waals surface area (Å²) >= 11 is 0. The third-order valence-electron chi connectivity index (χ3n) is 1.28. The molecule has 0 fully saturated rings. The number of anilines is 1. The van der Waals surface area contributed by atoms with Crippen LogP contribution in [0.1, 0.15) is 0 Å². The van der Waals surface area contributed by atoms with Crippen LogP contribution < -0.4 is 5.32 Å². The highest BCUT2D eigenvalue weighted by molar-refractivity contribution is 5.90. The van der Waals surface area contributed by atoms with Gasteiger partial charge in [-0.05, 0) is 6.07 Å². The van der Waals surface area contributed by atoms with Gasteiger partial charge in [0.1, 0.15) is 13.2 Å². The van der Waals surface area contributed by atoms with E-state index in [9.17, 15) is 9.59 Å². The van der Waals surface area contributed by atoms with Crippen LogP contribution in [0.3, 0.4) is 0 Å². The monoisotopic (exact) mass is 211 g/mol. The van der Waals surface area contributed by atoms with Crippen LogP contribution in [0.4, 0.5) is 5.95 Å². The molecule has 0 atom stereocenters. The molecule has 0 spiro atoms. The van der Waals surface area contributed by atoms with Gasteiger partial charge >= 0.3 is 5.97 Å². The summed E-state index contributed by atoms with van der Waals surface area (Å²) in [5.74, 6) is -1.47. The van der Waals surface area contributed by atoms with Gasteiger partial charge in [-0.1, -0.05) is 0 Å². The Morgan fingerprint density at radius 2 is 2.00 bits per heavy atom. The summed E-state index contributed by atoms with van der Waals surface area (Å²) in [6.45, 7) is -0.854. The van der Waals surface area contributed by atoms with Crippen LogP contribution in [0.2, 0.25) is 0 Å². The largest absolute Gasteiger partial charge is 0.480 e. The fraction of sp³-hybridized carbons (Fsp3) is 0.250. The van der Waals surface area contributed by atoms with Crippen molar-refractivity contribution in [3.63, 3.8) is 0 Å². The summed E-state index contributed by atoms with van der Waals surface area (Å²) in [4.78, 5) is 28.6. The fourth-order valence-electron chi connectivity index (χ4n) is 0.755. The number of nitrogens with one attached hydrogen (secondary N) is 1. The van der Waals surface area contributed by atoms with E-state index in [0.717, 1.165) is 0 Å². The molecular formula is C8H9N3O4. The Balaban J connectivity index is 2.28. The molecule has 1 amide bonds. The number of hydrogen-bond donors (Lipinski definition) is 2. The molecule has 7 nitrogen and oxygen atoms in total. The van der Waals surface area contributed by atoms with Crippen LogP contribution in [0.5, 0.6) is 0 Å². The van der Waals surface area contributed by atoms with Crippen molar-refractivity contribution in [1.29, 1.82) is 0 Å². The van der Waals surface area contributed by atoms with Crippen molar-refractivity contribution in [3.8, 4) is 0 Å². The summed E-state index contributed by atoms with van der Waals surface area (Å²) in [5.41, 5.74) is 0. The van der Waals surface area contributed by atoms with E-state index in [1.807, 2.05) is 0 Å². The minimum atomic E-state index is -1.13. The first-order valence-corrected chi connectivity index (χ1v) is 4.05. The van der Waals surface area contributed by atoms with E-state index >= 15 is 0 Å². The number of ether oxygens (including phenoxy) is 1. The molecule has 0 aliphatic carbocycles. The van der Waals surface area contributed by atoms with Gasteiger partial charge in [0.25, 0.3) is 5.91 Å². The molecule has 80 valence electrons. The third-order valence-corrected chi connectivity index (χ3v) is 1.28. The van der Waals surface area contributed by atoms with Gasteiger partial charge in [0, 0.05) is 12.4 Å². The number of hydrogen-bond acceptors (Lipinski definition) is 5. The van der Waals surface area contributed by atoms with Gasteiger partial charge in [0.15, 0.2) is 0 Å². The second-order valence-electron chi connectivity index (χ2n) is 2.51. The summed E-state index contributed by atoms with van der Waals surface area (Å²) in [6, 6.07) is 1.61. The molecule has 1 aromatic rings. The van der Waals surface area contributed by atoms with Gasteiger partial charge in [-0.3, -0.25) is 10.1 Å². The molecule has 7 heteroatoms. The SMILES string of the molecule is O=C(O)COCC(=O)Nc1ncccn1. The molecule has 0 unspecified atom stereocenters. The minimum Gasteiger partial charge on any atom is -0.480 e. The van der Waals surface area contributed by atoms with E-state index < -0.39 is 18.5 Å². The smallest absolute Gasteiger partial charge is 0.329 e. The zero-order valence-corrected chi connectivity index (χ0v) is 7.71. The first-order chi connectivity index (χ1) is 7.18. The molecule has 0 saturated carbocycles. The van der Waals surface area contributed by atoms with E-state index in [2.05, 4.69) is 20.0 Å². The number of carbonyl (C=O) groups is 2. The predicted molar refractivity (Wildman–Crippen MR) is 49.1 cm³/mol. The van der Waals surface area contributed by atoms with Gasteiger partial charge in [0.2, 0.25) is 5.95 Å². The van der Waals surface area contributed by atoms with Crippen molar-refractivity contribution in [2.75, 3.05) is 18.5 Å². The lowest BCUT2D eigenvalue weighted by atomic mass is 10.6. The van der Waals surface area contributed by atoms with E-state index in [1.54, 1.807) is 6.07 Å². The lowest BCUT2D eigenvalue weighted by Gasteiger charge is -2.02. The molecule has 0 aliphatic heterocycles. The number of aliphatic carboxylic acids is 1. The van der Waals surface area contributed by atoms with E-state index in [0.29, 0.717) is 0 Å². The standard InChI is InChI=1S/C8H9N3O4/c12-6(4-15-5-7(13)14)11-8-9-2-1-3-10-8/h1-3H,4-5H2,(H,13,14)(H,9,10,11,12).